The predicted molar refractivity (Wildman–Crippen MR) is 67.1 cm³/mol. The zero-order valence-corrected chi connectivity index (χ0v) is 9.80. The number of hydrogen-bond donors (Lipinski definition) is 3. The van der Waals surface area contributed by atoms with Crippen molar-refractivity contribution >= 4 is 23.3 Å². The molecule has 0 aromatic heterocycles. The Balaban J connectivity index is 2.30. The summed E-state index contributed by atoms with van der Waals surface area (Å²) in [5.74, 6) is -1.23. The largest absolute Gasteiger partial charge is 0.480 e. The second-order valence-corrected chi connectivity index (χ2v) is 4.34. The maximum absolute atomic E-state index is 11.8. The Hall–Kier alpha value is -2.08. The predicted octanol–water partition coefficient (Wildman–Crippen LogP) is -0.0401. The molecule has 6 nitrogen and oxygen atoms in total. The van der Waals surface area contributed by atoms with Crippen molar-refractivity contribution in [3.05, 3.63) is 23.8 Å². The van der Waals surface area contributed by atoms with Crippen molar-refractivity contribution in [2.75, 3.05) is 17.2 Å². The van der Waals surface area contributed by atoms with Gasteiger partial charge in [-0.25, -0.2) is 0 Å². The summed E-state index contributed by atoms with van der Waals surface area (Å²) in [7, 11) is 0. The van der Waals surface area contributed by atoms with Gasteiger partial charge < -0.3 is 21.5 Å². The van der Waals surface area contributed by atoms with E-state index < -0.39 is 12.0 Å². The summed E-state index contributed by atoms with van der Waals surface area (Å²) in [5.41, 5.74) is 13.5. The third-order valence-corrected chi connectivity index (χ3v) is 3.00. The minimum atomic E-state index is -1.12. The minimum Gasteiger partial charge on any atom is -0.480 e. The van der Waals surface area contributed by atoms with Crippen LogP contribution >= 0.6 is 0 Å². The van der Waals surface area contributed by atoms with Crippen molar-refractivity contribution in [1.29, 1.82) is 0 Å². The molecule has 96 valence electrons. The fourth-order valence-corrected chi connectivity index (χ4v) is 2.05. The van der Waals surface area contributed by atoms with Crippen LogP contribution in [0, 0.1) is 0 Å². The second kappa shape index (κ2) is 4.66. The van der Waals surface area contributed by atoms with Gasteiger partial charge in [-0.05, 0) is 30.2 Å². The van der Waals surface area contributed by atoms with Gasteiger partial charge in [0.25, 0.3) is 0 Å². The third kappa shape index (κ3) is 2.28. The van der Waals surface area contributed by atoms with E-state index in [1.54, 1.807) is 18.2 Å². The van der Waals surface area contributed by atoms with E-state index in [4.69, 9.17) is 16.6 Å². The van der Waals surface area contributed by atoms with Gasteiger partial charge in [0, 0.05) is 17.8 Å². The fraction of sp³-hybridized carbons (Fsp3) is 0.333. The molecule has 6 heteroatoms. The molecule has 1 atom stereocenters. The van der Waals surface area contributed by atoms with Crippen LogP contribution in [0.25, 0.3) is 0 Å². The van der Waals surface area contributed by atoms with Crippen LogP contribution in [-0.2, 0) is 16.0 Å². The topological polar surface area (TPSA) is 110 Å². The number of aryl methyl sites for hydroxylation is 1. The first-order valence-electron chi connectivity index (χ1n) is 5.66. The maximum atomic E-state index is 11.8. The Labute approximate surface area is 104 Å². The number of carboxylic acid groups (broad SMARTS) is 1. The molecular formula is C12H15N3O3. The van der Waals surface area contributed by atoms with E-state index in [1.807, 2.05) is 0 Å². The zero-order chi connectivity index (χ0) is 13.3. The number of carbonyl (C=O) groups is 2. The summed E-state index contributed by atoms with van der Waals surface area (Å²) in [6.45, 7) is -0.0227. The van der Waals surface area contributed by atoms with Crippen molar-refractivity contribution < 1.29 is 14.7 Å². The summed E-state index contributed by atoms with van der Waals surface area (Å²) in [6.07, 6.45) is 0.973. The van der Waals surface area contributed by atoms with Gasteiger partial charge in [-0.2, -0.15) is 0 Å². The van der Waals surface area contributed by atoms with E-state index in [1.165, 1.54) is 4.90 Å². The number of benzene rings is 1. The first kappa shape index (κ1) is 12.4. The summed E-state index contributed by atoms with van der Waals surface area (Å²) < 4.78 is 0. The van der Waals surface area contributed by atoms with Crippen LogP contribution in [0.1, 0.15) is 12.0 Å². The summed E-state index contributed by atoms with van der Waals surface area (Å²) in [6, 6.07) is 4.14. The number of aliphatic carboxylic acids is 1. The highest BCUT2D eigenvalue weighted by Gasteiger charge is 2.27. The van der Waals surface area contributed by atoms with E-state index >= 15 is 0 Å². The zero-order valence-electron chi connectivity index (χ0n) is 9.80. The first-order valence-corrected chi connectivity index (χ1v) is 5.66. The standard InChI is InChI=1S/C12H15N3O3/c13-8-2-3-10-7(5-8)1-4-11(16)15(10)6-9(14)12(17)18/h2-3,5,9H,1,4,6,13-14H2,(H,17,18). The molecule has 0 spiro atoms. The lowest BCUT2D eigenvalue weighted by atomic mass is 10.00. The first-order chi connectivity index (χ1) is 8.49. The van der Waals surface area contributed by atoms with E-state index in [9.17, 15) is 9.59 Å². The number of rotatable bonds is 3. The van der Waals surface area contributed by atoms with Crippen molar-refractivity contribution in [3.8, 4) is 0 Å². The Kier molecular flexibility index (Phi) is 3.20. The number of amides is 1. The molecule has 5 N–H and O–H groups in total. The van der Waals surface area contributed by atoms with E-state index in [2.05, 4.69) is 0 Å². The van der Waals surface area contributed by atoms with Crippen molar-refractivity contribution in [2.24, 2.45) is 5.73 Å². The molecule has 0 bridgehead atoms. The van der Waals surface area contributed by atoms with E-state index in [0.717, 1.165) is 5.56 Å². The maximum Gasteiger partial charge on any atom is 0.322 e. The molecule has 0 radical (unpaired) electrons. The monoisotopic (exact) mass is 249 g/mol. The number of carboxylic acids is 1. The highest BCUT2D eigenvalue weighted by molar-refractivity contribution is 5.97. The van der Waals surface area contributed by atoms with E-state index in [-0.39, 0.29) is 12.5 Å². The quantitative estimate of drug-likeness (QED) is 0.651. The molecule has 0 aliphatic carbocycles. The molecule has 0 fully saturated rings. The smallest absolute Gasteiger partial charge is 0.322 e. The summed E-state index contributed by atoms with van der Waals surface area (Å²) in [4.78, 5) is 24.0. The van der Waals surface area contributed by atoms with Crippen molar-refractivity contribution in [1.82, 2.24) is 0 Å². The van der Waals surface area contributed by atoms with Gasteiger partial charge in [0.1, 0.15) is 6.04 Å². The van der Waals surface area contributed by atoms with Crippen LogP contribution in [-0.4, -0.2) is 29.6 Å². The van der Waals surface area contributed by atoms with Crippen LogP contribution in [0.3, 0.4) is 0 Å². The van der Waals surface area contributed by atoms with Crippen molar-refractivity contribution in [2.45, 2.75) is 18.9 Å². The molecule has 1 heterocycles. The Morgan fingerprint density at radius 1 is 1.44 bits per heavy atom. The lowest BCUT2D eigenvalue weighted by Gasteiger charge is -2.30. The number of carbonyl (C=O) groups excluding carboxylic acids is 1. The second-order valence-electron chi connectivity index (χ2n) is 4.34. The average Bonchev–Trinajstić information content (AvgIpc) is 2.32. The summed E-state index contributed by atoms with van der Waals surface area (Å²) >= 11 is 0. The number of fused-ring (bicyclic) bond motifs is 1. The van der Waals surface area contributed by atoms with Crippen LogP contribution in [0.2, 0.25) is 0 Å². The lowest BCUT2D eigenvalue weighted by Crippen LogP contribution is -2.47. The molecule has 1 aromatic rings. The molecule has 0 saturated carbocycles. The fourth-order valence-electron chi connectivity index (χ4n) is 2.05. The Morgan fingerprint density at radius 2 is 2.17 bits per heavy atom. The van der Waals surface area contributed by atoms with Crippen molar-refractivity contribution in [3.63, 3.8) is 0 Å². The molecule has 1 aliphatic heterocycles. The number of hydrogen-bond acceptors (Lipinski definition) is 4. The molecule has 1 aliphatic rings. The highest BCUT2D eigenvalue weighted by Crippen LogP contribution is 2.29. The van der Waals surface area contributed by atoms with Gasteiger partial charge >= 0.3 is 5.97 Å². The minimum absolute atomic E-state index is 0.0227. The van der Waals surface area contributed by atoms with Gasteiger partial charge in [0.05, 0.1) is 6.54 Å². The van der Waals surface area contributed by atoms with Gasteiger partial charge in [-0.3, -0.25) is 9.59 Å². The molecule has 2 rings (SSSR count). The van der Waals surface area contributed by atoms with Crippen LogP contribution < -0.4 is 16.4 Å². The number of nitrogens with zero attached hydrogens (tertiary/aromatic N) is 1. The molecule has 1 amide bonds. The lowest BCUT2D eigenvalue weighted by molar-refractivity contribution is -0.138. The van der Waals surface area contributed by atoms with Crippen LogP contribution in [0.15, 0.2) is 18.2 Å². The SMILES string of the molecule is Nc1ccc2c(c1)CCC(=O)N2CC(N)C(=O)O. The average molecular weight is 249 g/mol. The molecule has 1 aromatic carbocycles. The van der Waals surface area contributed by atoms with Crippen LogP contribution in [0.5, 0.6) is 0 Å². The molecule has 1 unspecified atom stereocenters. The van der Waals surface area contributed by atoms with E-state index in [0.29, 0.717) is 24.2 Å². The highest BCUT2D eigenvalue weighted by atomic mass is 16.4. The molecule has 0 saturated heterocycles. The van der Waals surface area contributed by atoms with Gasteiger partial charge in [0.15, 0.2) is 0 Å². The summed E-state index contributed by atoms with van der Waals surface area (Å²) in [5, 5.41) is 8.81. The number of nitrogens with two attached hydrogens (primary N) is 2. The molecule has 18 heavy (non-hydrogen) atoms. The normalized spacial score (nSPS) is 16.3. The third-order valence-electron chi connectivity index (χ3n) is 3.00. The van der Waals surface area contributed by atoms with Gasteiger partial charge in [0.2, 0.25) is 5.91 Å². The Morgan fingerprint density at radius 3 is 2.83 bits per heavy atom. The van der Waals surface area contributed by atoms with Gasteiger partial charge in [-0.15, -0.1) is 0 Å². The number of anilines is 2. The Bertz CT molecular complexity index is 501. The molecular weight excluding hydrogens is 234 g/mol. The van der Waals surface area contributed by atoms with Gasteiger partial charge in [-0.1, -0.05) is 0 Å². The van der Waals surface area contributed by atoms with Crippen LogP contribution in [0.4, 0.5) is 11.4 Å². The number of nitrogen functional groups attached to an aromatic ring is 1.